The molecule has 1 nitrogen and oxygen atoms in total. The van der Waals surface area contributed by atoms with Gasteiger partial charge in [-0.1, -0.05) is 19.1 Å². The van der Waals surface area contributed by atoms with Gasteiger partial charge in [0.05, 0.1) is 0 Å². The molecule has 0 aliphatic rings. The van der Waals surface area contributed by atoms with Crippen molar-refractivity contribution >= 4 is 23.4 Å². The lowest BCUT2D eigenvalue weighted by atomic mass is 10.1. The lowest BCUT2D eigenvalue weighted by Gasteiger charge is -2.04. The molecule has 1 aromatic rings. The highest BCUT2D eigenvalue weighted by molar-refractivity contribution is 7.99. The summed E-state index contributed by atoms with van der Waals surface area (Å²) in [6, 6.07) is 8.82. The van der Waals surface area contributed by atoms with Crippen LogP contribution in [0.3, 0.4) is 0 Å². The Hall–Kier alpha value is -0.180. The van der Waals surface area contributed by atoms with Gasteiger partial charge in [-0.05, 0) is 36.4 Å². The fourth-order valence-electron chi connectivity index (χ4n) is 1.34. The Morgan fingerprint density at radius 3 is 2.53 bits per heavy atom. The Morgan fingerprint density at radius 1 is 1.20 bits per heavy atom. The van der Waals surface area contributed by atoms with Crippen molar-refractivity contribution in [3.63, 3.8) is 0 Å². The maximum Gasteiger partial charge on any atom is 0.0348 e. The first-order chi connectivity index (χ1) is 7.36. The third-order valence-electron chi connectivity index (χ3n) is 2.10. The summed E-state index contributed by atoms with van der Waals surface area (Å²) in [7, 11) is 0. The Morgan fingerprint density at radius 2 is 1.93 bits per heavy atom. The number of benzene rings is 1. The Labute approximate surface area is 102 Å². The molecule has 1 rings (SSSR count). The molecule has 0 radical (unpaired) electrons. The number of hydrogen-bond donors (Lipinski definition) is 1. The normalized spacial score (nSPS) is 10.5. The van der Waals surface area contributed by atoms with Crippen LogP contribution in [-0.4, -0.2) is 24.7 Å². The molecule has 0 fully saturated rings. The molecule has 84 valence electrons. The summed E-state index contributed by atoms with van der Waals surface area (Å²) in [5.41, 5.74) is 1.39. The molecule has 0 aliphatic carbocycles. The van der Waals surface area contributed by atoms with Gasteiger partial charge in [0, 0.05) is 17.3 Å². The van der Waals surface area contributed by atoms with Crippen LogP contribution >= 0.6 is 23.4 Å². The van der Waals surface area contributed by atoms with E-state index in [1.54, 1.807) is 0 Å². The molecule has 0 bridgehead atoms. The van der Waals surface area contributed by atoms with Crippen LogP contribution in [0.25, 0.3) is 0 Å². The molecule has 0 saturated carbocycles. The molecule has 1 aromatic carbocycles. The molecule has 0 spiro atoms. The highest BCUT2D eigenvalue weighted by atomic mass is 35.5. The summed E-state index contributed by atoms with van der Waals surface area (Å²) in [5, 5.41) is 3.29. The Balaban J connectivity index is 2.29. The van der Waals surface area contributed by atoms with Crippen molar-refractivity contribution in [1.29, 1.82) is 0 Å². The largest absolute Gasteiger partial charge is 0.315 e. The summed E-state index contributed by atoms with van der Waals surface area (Å²) in [4.78, 5) is 1.36. The first kappa shape index (κ1) is 12.9. The van der Waals surface area contributed by atoms with Crippen LogP contribution in [0, 0.1) is 0 Å². The average molecular weight is 244 g/mol. The topological polar surface area (TPSA) is 12.0 Å². The van der Waals surface area contributed by atoms with E-state index in [-0.39, 0.29) is 0 Å². The van der Waals surface area contributed by atoms with Gasteiger partial charge in [0.2, 0.25) is 0 Å². The quantitative estimate of drug-likeness (QED) is 0.449. The minimum atomic E-state index is 0.687. The first-order valence-corrected chi connectivity index (χ1v) is 6.87. The minimum absolute atomic E-state index is 0.687. The fourth-order valence-corrected chi connectivity index (χ4v) is 2.14. The molecule has 0 aliphatic heterocycles. The lowest BCUT2D eigenvalue weighted by Crippen LogP contribution is -2.19. The summed E-state index contributed by atoms with van der Waals surface area (Å²) in [6.07, 6.45) is 1.08. The van der Waals surface area contributed by atoms with Gasteiger partial charge in [0.1, 0.15) is 0 Å². The predicted molar refractivity (Wildman–Crippen MR) is 70.1 cm³/mol. The van der Waals surface area contributed by atoms with E-state index in [0.29, 0.717) is 5.88 Å². The smallest absolute Gasteiger partial charge is 0.0348 e. The van der Waals surface area contributed by atoms with Crippen molar-refractivity contribution in [2.45, 2.75) is 18.2 Å². The number of alkyl halides is 1. The zero-order chi connectivity index (χ0) is 10.9. The first-order valence-electron chi connectivity index (χ1n) is 5.35. The van der Waals surface area contributed by atoms with Crippen LogP contribution in [0.2, 0.25) is 0 Å². The van der Waals surface area contributed by atoms with Crippen molar-refractivity contribution in [3.8, 4) is 0 Å². The van der Waals surface area contributed by atoms with E-state index in [2.05, 4.69) is 36.5 Å². The van der Waals surface area contributed by atoms with E-state index >= 15 is 0 Å². The molecule has 0 saturated heterocycles. The summed E-state index contributed by atoms with van der Waals surface area (Å²) >= 11 is 7.46. The van der Waals surface area contributed by atoms with Gasteiger partial charge < -0.3 is 5.32 Å². The molecule has 1 N–H and O–H groups in total. The summed E-state index contributed by atoms with van der Waals surface area (Å²) in [5.74, 6) is 1.82. The van der Waals surface area contributed by atoms with Crippen LogP contribution in [0.4, 0.5) is 0 Å². The second kappa shape index (κ2) is 8.03. The maximum absolute atomic E-state index is 5.57. The standard InChI is InChI=1S/C12H18ClNS/c1-2-15-12-5-3-11(4-6-12)7-9-14-10-8-13/h3-6,14H,2,7-10H2,1H3. The van der Waals surface area contributed by atoms with E-state index in [4.69, 9.17) is 11.6 Å². The maximum atomic E-state index is 5.57. The van der Waals surface area contributed by atoms with Crippen molar-refractivity contribution in [2.24, 2.45) is 0 Å². The van der Waals surface area contributed by atoms with Crippen molar-refractivity contribution in [1.82, 2.24) is 5.32 Å². The molecule has 15 heavy (non-hydrogen) atoms. The second-order valence-corrected chi connectivity index (χ2v) is 4.98. The van der Waals surface area contributed by atoms with Crippen molar-refractivity contribution in [3.05, 3.63) is 29.8 Å². The van der Waals surface area contributed by atoms with E-state index in [9.17, 15) is 0 Å². The number of rotatable bonds is 7. The third-order valence-corrected chi connectivity index (χ3v) is 3.18. The summed E-state index contributed by atoms with van der Waals surface area (Å²) in [6.45, 7) is 4.08. The van der Waals surface area contributed by atoms with Crippen LogP contribution in [-0.2, 0) is 6.42 Å². The van der Waals surface area contributed by atoms with Crippen LogP contribution in [0.15, 0.2) is 29.2 Å². The summed E-state index contributed by atoms with van der Waals surface area (Å²) < 4.78 is 0. The highest BCUT2D eigenvalue weighted by Crippen LogP contribution is 2.17. The van der Waals surface area contributed by atoms with E-state index in [1.165, 1.54) is 10.5 Å². The van der Waals surface area contributed by atoms with Gasteiger partial charge in [0.15, 0.2) is 0 Å². The van der Waals surface area contributed by atoms with Crippen LogP contribution in [0.5, 0.6) is 0 Å². The zero-order valence-electron chi connectivity index (χ0n) is 9.13. The number of halogens is 1. The molecule has 0 amide bonds. The van der Waals surface area contributed by atoms with E-state index < -0.39 is 0 Å². The van der Waals surface area contributed by atoms with E-state index in [0.717, 1.165) is 25.3 Å². The molecule has 0 aromatic heterocycles. The van der Waals surface area contributed by atoms with Gasteiger partial charge >= 0.3 is 0 Å². The number of nitrogens with one attached hydrogen (secondary N) is 1. The van der Waals surface area contributed by atoms with Gasteiger partial charge in [0.25, 0.3) is 0 Å². The van der Waals surface area contributed by atoms with Gasteiger partial charge in [-0.25, -0.2) is 0 Å². The van der Waals surface area contributed by atoms with Gasteiger partial charge in [-0.15, -0.1) is 23.4 Å². The van der Waals surface area contributed by atoms with E-state index in [1.807, 2.05) is 11.8 Å². The fraction of sp³-hybridized carbons (Fsp3) is 0.500. The van der Waals surface area contributed by atoms with Crippen LogP contribution < -0.4 is 5.32 Å². The second-order valence-electron chi connectivity index (χ2n) is 3.27. The average Bonchev–Trinajstić information content (AvgIpc) is 2.27. The molecule has 3 heteroatoms. The van der Waals surface area contributed by atoms with Crippen molar-refractivity contribution < 1.29 is 0 Å². The number of hydrogen-bond acceptors (Lipinski definition) is 2. The molecule has 0 unspecified atom stereocenters. The predicted octanol–water partition coefficient (Wildman–Crippen LogP) is 3.17. The zero-order valence-corrected chi connectivity index (χ0v) is 10.7. The molecular weight excluding hydrogens is 226 g/mol. The van der Waals surface area contributed by atoms with Crippen molar-refractivity contribution in [2.75, 3.05) is 24.7 Å². The molecule has 0 heterocycles. The number of thioether (sulfide) groups is 1. The van der Waals surface area contributed by atoms with Gasteiger partial charge in [-0.2, -0.15) is 0 Å². The monoisotopic (exact) mass is 243 g/mol. The Kier molecular flexibility index (Phi) is 6.90. The molecular formula is C12H18ClNS. The third kappa shape index (κ3) is 5.45. The highest BCUT2D eigenvalue weighted by Gasteiger charge is 1.94. The van der Waals surface area contributed by atoms with Gasteiger partial charge in [-0.3, -0.25) is 0 Å². The minimum Gasteiger partial charge on any atom is -0.315 e. The van der Waals surface area contributed by atoms with Crippen LogP contribution in [0.1, 0.15) is 12.5 Å². The Bertz CT molecular complexity index is 261. The molecule has 0 atom stereocenters. The lowest BCUT2D eigenvalue weighted by molar-refractivity contribution is 0.719. The SMILES string of the molecule is CCSc1ccc(CCNCCCl)cc1.